The van der Waals surface area contributed by atoms with Gasteiger partial charge in [0.15, 0.2) is 0 Å². The summed E-state index contributed by atoms with van der Waals surface area (Å²) in [4.78, 5) is 2.25. The SMILES string of the molecule is CCCCC=[CH][AlH2]. The predicted octanol–water partition coefficient (Wildman–Crippen LogP) is 1.32. The van der Waals surface area contributed by atoms with Gasteiger partial charge in [0.05, 0.1) is 0 Å². The third kappa shape index (κ3) is 6.27. The molecule has 0 aliphatic carbocycles. The zero-order valence-electron chi connectivity index (χ0n) is 5.28. The Morgan fingerprint density at radius 2 is 2.29 bits per heavy atom. The maximum atomic E-state index is 2.27. The van der Waals surface area contributed by atoms with Crippen LogP contribution in [-0.2, 0) is 0 Å². The average molecular weight is 112 g/mol. The van der Waals surface area contributed by atoms with E-state index in [4.69, 9.17) is 0 Å². The second-order valence-electron chi connectivity index (χ2n) is 1.71. The highest BCUT2D eigenvalue weighted by Gasteiger charge is 1.73. The summed E-state index contributed by atoms with van der Waals surface area (Å²) in [6, 6.07) is 0. The molecule has 7 heavy (non-hydrogen) atoms. The Balaban J connectivity index is 2.69. The van der Waals surface area contributed by atoms with E-state index in [0.717, 1.165) is 0 Å². The van der Waals surface area contributed by atoms with Gasteiger partial charge in [-0.25, -0.2) is 0 Å². The van der Waals surface area contributed by atoms with Gasteiger partial charge >= 0.3 is 0 Å². The molecule has 0 heterocycles. The quantitative estimate of drug-likeness (QED) is 0.381. The summed E-state index contributed by atoms with van der Waals surface area (Å²) < 4.78 is 0. The summed E-state index contributed by atoms with van der Waals surface area (Å²) in [5, 5.41) is 0. The van der Waals surface area contributed by atoms with Gasteiger partial charge in [-0.2, -0.15) is 4.94 Å². The van der Waals surface area contributed by atoms with Crippen LogP contribution in [0.3, 0.4) is 0 Å². The zero-order valence-corrected chi connectivity index (χ0v) is 7.28. The fourth-order valence-corrected chi connectivity index (χ4v) is 0.822. The molecule has 0 bridgehead atoms. The van der Waals surface area contributed by atoms with Crippen molar-refractivity contribution in [3.63, 3.8) is 0 Å². The largest absolute Gasteiger partial charge is 0.246 e. The van der Waals surface area contributed by atoms with Crippen LogP contribution in [0.2, 0.25) is 0 Å². The van der Waals surface area contributed by atoms with Crippen molar-refractivity contribution >= 4 is 16.3 Å². The van der Waals surface area contributed by atoms with Gasteiger partial charge in [-0.1, -0.05) is 19.8 Å². The standard InChI is InChI=1S/C6H11.Al.2H/c1-3-5-6-4-2;;;/h1,3H,4-6H2,2H3;;;. The molecule has 0 radical (unpaired) electrons. The van der Waals surface area contributed by atoms with E-state index in [2.05, 4.69) is 17.9 Å². The van der Waals surface area contributed by atoms with Gasteiger partial charge in [-0.3, -0.25) is 0 Å². The molecule has 0 aromatic rings. The molecule has 0 nitrogen and oxygen atoms in total. The molecule has 0 rings (SSSR count). The minimum atomic E-state index is 1.23. The summed E-state index contributed by atoms with van der Waals surface area (Å²) in [6.45, 7) is 2.22. The summed E-state index contributed by atoms with van der Waals surface area (Å²) in [5.41, 5.74) is 0. The van der Waals surface area contributed by atoms with Crippen LogP contribution in [-0.4, -0.2) is 16.3 Å². The molecule has 0 aliphatic heterocycles. The smallest absolute Gasteiger partial charge is 0.157 e. The van der Waals surface area contributed by atoms with E-state index in [0.29, 0.717) is 0 Å². The first-order chi connectivity index (χ1) is 3.41. The molecule has 0 aliphatic rings. The number of unbranched alkanes of at least 4 members (excludes halogenated alkanes) is 2. The van der Waals surface area contributed by atoms with Crippen molar-refractivity contribution < 1.29 is 0 Å². The Morgan fingerprint density at radius 3 is 2.71 bits per heavy atom. The van der Waals surface area contributed by atoms with Gasteiger partial charge in [0.1, 0.15) is 0 Å². The molecule has 1 heteroatoms. The van der Waals surface area contributed by atoms with Crippen LogP contribution in [0.5, 0.6) is 0 Å². The molecular formula is C6H13Al. The van der Waals surface area contributed by atoms with E-state index >= 15 is 0 Å². The normalized spacial score (nSPS) is 10.4. The van der Waals surface area contributed by atoms with E-state index < -0.39 is 0 Å². The van der Waals surface area contributed by atoms with Crippen LogP contribution in [0.4, 0.5) is 0 Å². The first-order valence-electron chi connectivity index (χ1n) is 3.03. The first-order valence-corrected chi connectivity index (χ1v) is 4.18. The van der Waals surface area contributed by atoms with Crippen molar-refractivity contribution in [3.8, 4) is 0 Å². The van der Waals surface area contributed by atoms with Gasteiger partial charge in [0, 0.05) is 0 Å². The third-order valence-electron chi connectivity index (χ3n) is 0.960. The Hall–Kier alpha value is 0.272. The molecule has 0 amide bonds. The van der Waals surface area contributed by atoms with Crippen LogP contribution >= 0.6 is 0 Å². The molecular weight excluding hydrogens is 99.0 g/mol. The van der Waals surface area contributed by atoms with Gasteiger partial charge in [0.2, 0.25) is 16.3 Å². The molecule has 0 spiro atoms. The van der Waals surface area contributed by atoms with Crippen molar-refractivity contribution in [1.82, 2.24) is 0 Å². The van der Waals surface area contributed by atoms with Crippen LogP contribution in [0.15, 0.2) is 11.0 Å². The molecule has 0 unspecified atom stereocenters. The topological polar surface area (TPSA) is 0 Å². The molecule has 0 N–H and O–H groups in total. The summed E-state index contributed by atoms with van der Waals surface area (Å²) in [5.74, 6) is 0. The highest BCUT2D eigenvalue weighted by Crippen LogP contribution is 1.92. The second-order valence-corrected chi connectivity index (χ2v) is 2.38. The molecule has 0 saturated carbocycles. The van der Waals surface area contributed by atoms with Crippen molar-refractivity contribution in [3.05, 3.63) is 11.0 Å². The Morgan fingerprint density at radius 1 is 1.57 bits per heavy atom. The lowest BCUT2D eigenvalue weighted by molar-refractivity contribution is 0.815. The molecule has 0 aromatic carbocycles. The van der Waals surface area contributed by atoms with Gasteiger partial charge < -0.3 is 0 Å². The van der Waals surface area contributed by atoms with Crippen molar-refractivity contribution in [2.45, 2.75) is 26.2 Å². The second kappa shape index (κ2) is 6.27. The molecule has 0 atom stereocenters. The van der Waals surface area contributed by atoms with Crippen molar-refractivity contribution in [2.75, 3.05) is 0 Å². The molecule has 0 saturated heterocycles. The fourth-order valence-electron chi connectivity index (χ4n) is 0.489. The molecule has 0 fully saturated rings. The van der Waals surface area contributed by atoms with E-state index in [1.165, 1.54) is 35.6 Å². The average Bonchev–Trinajstić information content (AvgIpc) is 1.69. The predicted molar refractivity (Wildman–Crippen MR) is 37.2 cm³/mol. The Kier molecular flexibility index (Phi) is 6.52. The zero-order chi connectivity index (χ0) is 5.54. The van der Waals surface area contributed by atoms with Crippen molar-refractivity contribution in [2.24, 2.45) is 0 Å². The summed E-state index contributed by atoms with van der Waals surface area (Å²) in [6.07, 6.45) is 6.25. The van der Waals surface area contributed by atoms with Gasteiger partial charge in [-0.05, 0) is 6.42 Å². The number of allylic oxidation sites excluding steroid dienone is 1. The van der Waals surface area contributed by atoms with Crippen LogP contribution in [0, 0.1) is 0 Å². The Bertz CT molecular complexity index is 48.1. The van der Waals surface area contributed by atoms with E-state index in [1.807, 2.05) is 0 Å². The minimum Gasteiger partial charge on any atom is -0.157 e. The van der Waals surface area contributed by atoms with E-state index in [9.17, 15) is 0 Å². The fraction of sp³-hybridized carbons (Fsp3) is 0.667. The number of hydrogen-bond donors (Lipinski definition) is 0. The maximum Gasteiger partial charge on any atom is 0.246 e. The van der Waals surface area contributed by atoms with Gasteiger partial charge in [0.25, 0.3) is 0 Å². The highest BCUT2D eigenvalue weighted by molar-refractivity contribution is 6.16. The van der Waals surface area contributed by atoms with Crippen LogP contribution < -0.4 is 0 Å². The highest BCUT2D eigenvalue weighted by atomic mass is 27.0. The lowest BCUT2D eigenvalue weighted by Crippen LogP contribution is -1.64. The number of hydrogen-bond acceptors (Lipinski definition) is 0. The monoisotopic (exact) mass is 112 g/mol. The third-order valence-corrected chi connectivity index (χ3v) is 1.43. The van der Waals surface area contributed by atoms with E-state index in [-0.39, 0.29) is 0 Å². The first kappa shape index (κ1) is 7.27. The van der Waals surface area contributed by atoms with Crippen LogP contribution in [0.25, 0.3) is 0 Å². The number of rotatable bonds is 3. The molecule has 40 valence electrons. The van der Waals surface area contributed by atoms with E-state index in [1.54, 1.807) is 0 Å². The lowest BCUT2D eigenvalue weighted by atomic mass is 10.2. The van der Waals surface area contributed by atoms with Crippen LogP contribution in [0.1, 0.15) is 26.2 Å². The minimum absolute atomic E-state index is 1.23. The summed E-state index contributed by atoms with van der Waals surface area (Å²) in [7, 11) is 0. The molecule has 0 aromatic heterocycles. The van der Waals surface area contributed by atoms with Crippen molar-refractivity contribution in [1.29, 1.82) is 0 Å². The Labute approximate surface area is 54.0 Å². The van der Waals surface area contributed by atoms with Gasteiger partial charge in [-0.15, -0.1) is 6.08 Å². The summed E-state index contributed by atoms with van der Waals surface area (Å²) >= 11 is 1.23. The maximum absolute atomic E-state index is 2.27. The lowest BCUT2D eigenvalue weighted by Gasteiger charge is -1.84.